The summed E-state index contributed by atoms with van der Waals surface area (Å²) in [5.41, 5.74) is -0.211. The predicted octanol–water partition coefficient (Wildman–Crippen LogP) is 2.89. The SMILES string of the molecule is CCN1CCN(Cc2noc(-c3ccc(C(F)(F)F)cc3)n2)CC1. The number of aromatic nitrogens is 2. The van der Waals surface area contributed by atoms with Crippen molar-refractivity contribution in [3.63, 3.8) is 0 Å². The largest absolute Gasteiger partial charge is 0.416 e. The molecule has 0 unspecified atom stereocenters. The zero-order chi connectivity index (χ0) is 17.2. The van der Waals surface area contributed by atoms with Crippen molar-refractivity contribution in [2.45, 2.75) is 19.6 Å². The minimum Gasteiger partial charge on any atom is -0.334 e. The highest BCUT2D eigenvalue weighted by molar-refractivity contribution is 5.53. The average Bonchev–Trinajstić information content (AvgIpc) is 3.03. The van der Waals surface area contributed by atoms with Crippen LogP contribution in [0.1, 0.15) is 18.3 Å². The van der Waals surface area contributed by atoms with Gasteiger partial charge in [0.15, 0.2) is 5.82 Å². The second kappa shape index (κ2) is 6.90. The molecule has 0 amide bonds. The van der Waals surface area contributed by atoms with Gasteiger partial charge in [-0.2, -0.15) is 18.2 Å². The van der Waals surface area contributed by atoms with Gasteiger partial charge in [0.25, 0.3) is 5.89 Å². The predicted molar refractivity (Wildman–Crippen MR) is 82.1 cm³/mol. The fraction of sp³-hybridized carbons (Fsp3) is 0.500. The first-order valence-corrected chi connectivity index (χ1v) is 7.90. The standard InChI is InChI=1S/C16H19F3N4O/c1-2-22-7-9-23(10-8-22)11-14-20-15(24-21-14)12-3-5-13(6-4-12)16(17,18)19/h3-6H,2,7-11H2,1H3. The van der Waals surface area contributed by atoms with Crippen LogP contribution in [0.5, 0.6) is 0 Å². The molecular formula is C16H19F3N4O. The molecule has 3 rings (SSSR count). The third-order valence-corrected chi connectivity index (χ3v) is 4.20. The molecule has 1 aromatic heterocycles. The van der Waals surface area contributed by atoms with E-state index in [4.69, 9.17) is 4.52 Å². The molecule has 0 bridgehead atoms. The Hall–Kier alpha value is -1.93. The van der Waals surface area contributed by atoms with Crippen LogP contribution >= 0.6 is 0 Å². The Kier molecular flexibility index (Phi) is 4.86. The Bertz CT molecular complexity index is 661. The van der Waals surface area contributed by atoms with Crippen LogP contribution in [0.2, 0.25) is 0 Å². The molecule has 24 heavy (non-hydrogen) atoms. The Morgan fingerprint density at radius 2 is 1.67 bits per heavy atom. The monoisotopic (exact) mass is 340 g/mol. The van der Waals surface area contributed by atoms with Gasteiger partial charge in [-0.05, 0) is 30.8 Å². The van der Waals surface area contributed by atoms with Crippen LogP contribution in [0.3, 0.4) is 0 Å². The number of halogens is 3. The maximum Gasteiger partial charge on any atom is 0.416 e. The third kappa shape index (κ3) is 3.93. The van der Waals surface area contributed by atoms with Gasteiger partial charge < -0.3 is 9.42 Å². The van der Waals surface area contributed by atoms with Gasteiger partial charge >= 0.3 is 6.18 Å². The summed E-state index contributed by atoms with van der Waals surface area (Å²) >= 11 is 0. The molecule has 1 aliphatic heterocycles. The zero-order valence-electron chi connectivity index (χ0n) is 13.4. The van der Waals surface area contributed by atoms with Crippen molar-refractivity contribution < 1.29 is 17.7 Å². The van der Waals surface area contributed by atoms with Crippen LogP contribution in [0, 0.1) is 0 Å². The Balaban J connectivity index is 1.63. The maximum absolute atomic E-state index is 12.6. The van der Waals surface area contributed by atoms with Crippen molar-refractivity contribution in [3.05, 3.63) is 35.7 Å². The van der Waals surface area contributed by atoms with E-state index in [1.54, 1.807) is 0 Å². The molecule has 8 heteroatoms. The molecule has 0 spiro atoms. The number of benzene rings is 1. The first-order chi connectivity index (χ1) is 11.5. The van der Waals surface area contributed by atoms with Crippen LogP contribution in [0.15, 0.2) is 28.8 Å². The molecule has 0 N–H and O–H groups in total. The molecule has 5 nitrogen and oxygen atoms in total. The summed E-state index contributed by atoms with van der Waals surface area (Å²) in [6.07, 6.45) is -4.35. The van der Waals surface area contributed by atoms with E-state index in [-0.39, 0.29) is 5.89 Å². The quantitative estimate of drug-likeness (QED) is 0.856. The van der Waals surface area contributed by atoms with Gasteiger partial charge in [0.1, 0.15) is 0 Å². The Labute approximate surface area is 138 Å². The maximum atomic E-state index is 12.6. The molecule has 1 aliphatic rings. The molecule has 1 saturated heterocycles. The number of hydrogen-bond acceptors (Lipinski definition) is 5. The van der Waals surface area contributed by atoms with Crippen molar-refractivity contribution in [1.29, 1.82) is 0 Å². The molecule has 1 aromatic carbocycles. The number of rotatable bonds is 4. The van der Waals surface area contributed by atoms with Crippen LogP contribution in [-0.4, -0.2) is 52.7 Å². The summed E-state index contributed by atoms with van der Waals surface area (Å²) in [6, 6.07) is 4.73. The summed E-state index contributed by atoms with van der Waals surface area (Å²) in [5, 5.41) is 3.93. The fourth-order valence-electron chi connectivity index (χ4n) is 2.70. The van der Waals surface area contributed by atoms with E-state index >= 15 is 0 Å². The third-order valence-electron chi connectivity index (χ3n) is 4.20. The normalized spacial score (nSPS) is 17.3. The number of likely N-dealkylation sites (N-methyl/N-ethyl adjacent to an activating group) is 1. The van der Waals surface area contributed by atoms with Crippen LogP contribution in [0.25, 0.3) is 11.5 Å². The van der Waals surface area contributed by atoms with Crippen molar-refractivity contribution in [3.8, 4) is 11.5 Å². The number of nitrogens with zero attached hydrogens (tertiary/aromatic N) is 4. The highest BCUT2D eigenvalue weighted by atomic mass is 19.4. The van der Waals surface area contributed by atoms with E-state index in [0.29, 0.717) is 17.9 Å². The zero-order valence-corrected chi connectivity index (χ0v) is 13.4. The molecule has 2 aromatic rings. The van der Waals surface area contributed by atoms with Gasteiger partial charge in [0.05, 0.1) is 12.1 Å². The lowest BCUT2D eigenvalue weighted by atomic mass is 10.1. The minimum atomic E-state index is -4.35. The van der Waals surface area contributed by atoms with Crippen molar-refractivity contribution in [2.24, 2.45) is 0 Å². The summed E-state index contributed by atoms with van der Waals surface area (Å²) in [4.78, 5) is 8.91. The van der Waals surface area contributed by atoms with Crippen LogP contribution in [-0.2, 0) is 12.7 Å². The minimum absolute atomic E-state index is 0.242. The molecule has 2 heterocycles. The number of hydrogen-bond donors (Lipinski definition) is 0. The molecular weight excluding hydrogens is 321 g/mol. The van der Waals surface area contributed by atoms with Crippen molar-refractivity contribution in [1.82, 2.24) is 19.9 Å². The van der Waals surface area contributed by atoms with Gasteiger partial charge in [0.2, 0.25) is 0 Å². The summed E-state index contributed by atoms with van der Waals surface area (Å²) < 4.78 is 42.9. The number of alkyl halides is 3. The Morgan fingerprint density at radius 1 is 1.04 bits per heavy atom. The van der Waals surface area contributed by atoms with E-state index in [1.165, 1.54) is 12.1 Å². The summed E-state index contributed by atoms with van der Waals surface area (Å²) in [7, 11) is 0. The van der Waals surface area contributed by atoms with Crippen LogP contribution in [0.4, 0.5) is 13.2 Å². The molecule has 0 saturated carbocycles. The smallest absolute Gasteiger partial charge is 0.334 e. The molecule has 0 radical (unpaired) electrons. The van der Waals surface area contributed by atoms with E-state index in [1.807, 2.05) is 0 Å². The molecule has 0 aliphatic carbocycles. The number of piperazine rings is 1. The Morgan fingerprint density at radius 3 is 2.25 bits per heavy atom. The molecule has 1 fully saturated rings. The van der Waals surface area contributed by atoms with Gasteiger partial charge in [-0.1, -0.05) is 12.1 Å². The summed E-state index contributed by atoms with van der Waals surface area (Å²) in [6.45, 7) is 7.69. The van der Waals surface area contributed by atoms with Gasteiger partial charge in [-0.25, -0.2) is 0 Å². The van der Waals surface area contributed by atoms with E-state index in [2.05, 4.69) is 26.9 Å². The summed E-state index contributed by atoms with van der Waals surface area (Å²) in [5.74, 6) is 0.792. The van der Waals surface area contributed by atoms with Crippen molar-refractivity contribution >= 4 is 0 Å². The second-order valence-corrected chi connectivity index (χ2v) is 5.80. The molecule has 0 atom stereocenters. The second-order valence-electron chi connectivity index (χ2n) is 5.80. The van der Waals surface area contributed by atoms with E-state index < -0.39 is 11.7 Å². The lowest BCUT2D eigenvalue weighted by Crippen LogP contribution is -2.45. The van der Waals surface area contributed by atoms with Crippen LogP contribution < -0.4 is 0 Å². The average molecular weight is 340 g/mol. The van der Waals surface area contributed by atoms with Gasteiger partial charge in [-0.3, -0.25) is 4.90 Å². The van der Waals surface area contributed by atoms with Gasteiger partial charge in [0, 0.05) is 31.7 Å². The molecule has 130 valence electrons. The topological polar surface area (TPSA) is 45.4 Å². The van der Waals surface area contributed by atoms with E-state index in [0.717, 1.165) is 44.9 Å². The lowest BCUT2D eigenvalue weighted by Gasteiger charge is -2.33. The fourth-order valence-corrected chi connectivity index (χ4v) is 2.70. The van der Waals surface area contributed by atoms with Crippen molar-refractivity contribution in [2.75, 3.05) is 32.7 Å². The lowest BCUT2D eigenvalue weighted by molar-refractivity contribution is -0.137. The van der Waals surface area contributed by atoms with E-state index in [9.17, 15) is 13.2 Å². The highest BCUT2D eigenvalue weighted by Gasteiger charge is 2.30. The highest BCUT2D eigenvalue weighted by Crippen LogP contribution is 2.30. The first kappa shape index (κ1) is 16.9. The van der Waals surface area contributed by atoms with Gasteiger partial charge in [-0.15, -0.1) is 0 Å². The first-order valence-electron chi connectivity index (χ1n) is 7.90.